The SMILES string of the molecule is COC(=O)c1c(SC)cc(-c2ccc(Cl)cc2)c2c1CCCCCC2. The van der Waals surface area contributed by atoms with Gasteiger partial charge in [0.05, 0.1) is 12.7 Å². The summed E-state index contributed by atoms with van der Waals surface area (Å²) in [7, 11) is 1.47. The third-order valence-corrected chi connectivity index (χ3v) is 5.89. The number of hydrogen-bond acceptors (Lipinski definition) is 3. The lowest BCUT2D eigenvalue weighted by Gasteiger charge is -2.23. The average molecular weight is 375 g/mol. The first-order valence-electron chi connectivity index (χ1n) is 8.72. The number of halogens is 1. The molecule has 0 spiro atoms. The van der Waals surface area contributed by atoms with Crippen LogP contribution in [0.5, 0.6) is 0 Å². The van der Waals surface area contributed by atoms with Crippen molar-refractivity contribution < 1.29 is 9.53 Å². The number of carbonyl (C=O) groups excluding carboxylic acids is 1. The van der Waals surface area contributed by atoms with Gasteiger partial charge in [0.15, 0.2) is 0 Å². The Morgan fingerprint density at radius 2 is 1.68 bits per heavy atom. The van der Waals surface area contributed by atoms with Gasteiger partial charge >= 0.3 is 5.97 Å². The topological polar surface area (TPSA) is 26.3 Å². The van der Waals surface area contributed by atoms with Crippen LogP contribution >= 0.6 is 23.4 Å². The van der Waals surface area contributed by atoms with E-state index in [-0.39, 0.29) is 5.97 Å². The number of fused-ring (bicyclic) bond motifs is 1. The molecule has 0 heterocycles. The highest BCUT2D eigenvalue weighted by molar-refractivity contribution is 7.98. The first kappa shape index (κ1) is 18.3. The van der Waals surface area contributed by atoms with E-state index < -0.39 is 0 Å². The molecule has 0 N–H and O–H groups in total. The van der Waals surface area contributed by atoms with Crippen LogP contribution in [0.25, 0.3) is 11.1 Å². The molecule has 0 bridgehead atoms. The quantitative estimate of drug-likeness (QED) is 0.474. The fourth-order valence-electron chi connectivity index (χ4n) is 3.64. The summed E-state index contributed by atoms with van der Waals surface area (Å²) < 4.78 is 5.11. The number of carbonyl (C=O) groups is 1. The number of benzene rings is 2. The summed E-state index contributed by atoms with van der Waals surface area (Å²) in [5.74, 6) is -0.219. The van der Waals surface area contributed by atoms with Gasteiger partial charge < -0.3 is 4.74 Å². The normalized spacial score (nSPS) is 14.4. The molecule has 1 aliphatic rings. The minimum absolute atomic E-state index is 0.219. The first-order chi connectivity index (χ1) is 12.2. The monoisotopic (exact) mass is 374 g/mol. The van der Waals surface area contributed by atoms with Crippen molar-refractivity contribution in [3.8, 4) is 11.1 Å². The Bertz CT molecular complexity index is 768. The largest absolute Gasteiger partial charge is 0.465 e. The molecule has 2 aromatic rings. The maximum absolute atomic E-state index is 12.5. The summed E-state index contributed by atoms with van der Waals surface area (Å²) in [6.45, 7) is 0. The fraction of sp³-hybridized carbons (Fsp3) is 0.381. The summed E-state index contributed by atoms with van der Waals surface area (Å²) >= 11 is 7.68. The van der Waals surface area contributed by atoms with Gasteiger partial charge in [0.25, 0.3) is 0 Å². The van der Waals surface area contributed by atoms with Crippen LogP contribution in [0.4, 0.5) is 0 Å². The molecule has 0 aliphatic heterocycles. The summed E-state index contributed by atoms with van der Waals surface area (Å²) in [5.41, 5.74) is 5.65. The van der Waals surface area contributed by atoms with Crippen LogP contribution in [-0.2, 0) is 17.6 Å². The standard InChI is InChI=1S/C21H23ClO2S/c1-24-21(23)20-17-8-6-4-3-5-7-16(17)18(13-19(20)25-2)14-9-11-15(22)12-10-14/h9-13H,3-8H2,1-2H3. The molecule has 0 amide bonds. The van der Waals surface area contributed by atoms with Gasteiger partial charge in [-0.05, 0) is 72.4 Å². The van der Waals surface area contributed by atoms with Gasteiger partial charge in [0.1, 0.15) is 0 Å². The van der Waals surface area contributed by atoms with Gasteiger partial charge in [0, 0.05) is 9.92 Å². The van der Waals surface area contributed by atoms with Crippen LogP contribution in [0.1, 0.15) is 47.2 Å². The minimum atomic E-state index is -0.219. The molecule has 0 saturated heterocycles. The first-order valence-corrected chi connectivity index (χ1v) is 10.3. The van der Waals surface area contributed by atoms with Crippen LogP contribution in [0.3, 0.4) is 0 Å². The second-order valence-electron chi connectivity index (χ2n) is 6.37. The summed E-state index contributed by atoms with van der Waals surface area (Å²) in [5, 5.41) is 0.739. The van der Waals surface area contributed by atoms with Crippen LogP contribution in [0.2, 0.25) is 5.02 Å². The van der Waals surface area contributed by atoms with Crippen molar-refractivity contribution in [2.75, 3.05) is 13.4 Å². The van der Waals surface area contributed by atoms with Crippen molar-refractivity contribution >= 4 is 29.3 Å². The Morgan fingerprint density at radius 1 is 1.04 bits per heavy atom. The second kappa shape index (κ2) is 8.29. The Morgan fingerprint density at radius 3 is 2.28 bits per heavy atom. The molecule has 0 saturated carbocycles. The highest BCUT2D eigenvalue weighted by Crippen LogP contribution is 2.38. The molecular weight excluding hydrogens is 352 g/mol. The van der Waals surface area contributed by atoms with E-state index in [4.69, 9.17) is 16.3 Å². The van der Waals surface area contributed by atoms with Gasteiger partial charge in [-0.1, -0.05) is 36.6 Å². The Kier molecular flexibility index (Phi) is 6.08. The van der Waals surface area contributed by atoms with E-state index in [1.807, 2.05) is 18.4 Å². The van der Waals surface area contributed by atoms with Gasteiger partial charge in [-0.15, -0.1) is 11.8 Å². The number of esters is 1. The van der Waals surface area contributed by atoms with Crippen molar-refractivity contribution in [2.24, 2.45) is 0 Å². The molecule has 0 radical (unpaired) electrons. The molecule has 0 aromatic heterocycles. The lowest BCUT2D eigenvalue weighted by Crippen LogP contribution is -2.13. The molecule has 2 nitrogen and oxygen atoms in total. The molecular formula is C21H23ClO2S. The van der Waals surface area contributed by atoms with Crippen molar-refractivity contribution in [1.82, 2.24) is 0 Å². The average Bonchev–Trinajstić information content (AvgIpc) is 2.61. The molecule has 132 valence electrons. The van der Waals surface area contributed by atoms with Gasteiger partial charge in [-0.2, -0.15) is 0 Å². The van der Waals surface area contributed by atoms with E-state index in [0.717, 1.165) is 46.7 Å². The van der Waals surface area contributed by atoms with E-state index in [2.05, 4.69) is 18.2 Å². The molecule has 0 unspecified atom stereocenters. The molecule has 25 heavy (non-hydrogen) atoms. The van der Waals surface area contributed by atoms with Crippen molar-refractivity contribution in [3.63, 3.8) is 0 Å². The number of hydrogen-bond donors (Lipinski definition) is 0. The Balaban J connectivity index is 2.26. The maximum Gasteiger partial charge on any atom is 0.339 e. The van der Waals surface area contributed by atoms with Crippen LogP contribution in [0, 0.1) is 0 Å². The second-order valence-corrected chi connectivity index (χ2v) is 7.66. The zero-order chi connectivity index (χ0) is 17.8. The molecule has 0 atom stereocenters. The van der Waals surface area contributed by atoms with Gasteiger partial charge in [-0.3, -0.25) is 0 Å². The van der Waals surface area contributed by atoms with Gasteiger partial charge in [0.2, 0.25) is 0 Å². The van der Waals surface area contributed by atoms with E-state index in [9.17, 15) is 4.79 Å². The number of ether oxygens (including phenoxy) is 1. The molecule has 4 heteroatoms. The lowest BCUT2D eigenvalue weighted by molar-refractivity contribution is 0.0595. The Labute approximate surface area is 158 Å². The van der Waals surface area contributed by atoms with Crippen molar-refractivity contribution in [1.29, 1.82) is 0 Å². The van der Waals surface area contributed by atoms with Crippen molar-refractivity contribution in [2.45, 2.75) is 43.4 Å². The van der Waals surface area contributed by atoms with Crippen molar-refractivity contribution in [3.05, 3.63) is 52.0 Å². The zero-order valence-electron chi connectivity index (χ0n) is 14.7. The highest BCUT2D eigenvalue weighted by Gasteiger charge is 2.24. The molecule has 0 fully saturated rings. The van der Waals surface area contributed by atoms with E-state index in [0.29, 0.717) is 0 Å². The fourth-order valence-corrected chi connectivity index (χ4v) is 4.42. The lowest BCUT2D eigenvalue weighted by atomic mass is 9.84. The maximum atomic E-state index is 12.5. The highest BCUT2D eigenvalue weighted by atomic mass is 35.5. The molecule has 3 rings (SSSR count). The summed E-state index contributed by atoms with van der Waals surface area (Å²) in [6.07, 6.45) is 8.71. The third-order valence-electron chi connectivity index (χ3n) is 4.88. The number of methoxy groups -OCH3 is 1. The van der Waals surface area contributed by atoms with Crippen LogP contribution < -0.4 is 0 Å². The zero-order valence-corrected chi connectivity index (χ0v) is 16.3. The van der Waals surface area contributed by atoms with Crippen LogP contribution in [0.15, 0.2) is 35.2 Å². The van der Waals surface area contributed by atoms with E-state index >= 15 is 0 Å². The molecule has 1 aliphatic carbocycles. The predicted molar refractivity (Wildman–Crippen MR) is 106 cm³/mol. The van der Waals surface area contributed by atoms with Crippen LogP contribution in [-0.4, -0.2) is 19.3 Å². The summed E-state index contributed by atoms with van der Waals surface area (Å²) in [6, 6.07) is 10.1. The van der Waals surface area contributed by atoms with E-state index in [1.54, 1.807) is 11.8 Å². The molecule has 2 aromatic carbocycles. The van der Waals surface area contributed by atoms with Gasteiger partial charge in [-0.25, -0.2) is 4.79 Å². The Hall–Kier alpha value is -1.45. The minimum Gasteiger partial charge on any atom is -0.465 e. The van der Waals surface area contributed by atoms with E-state index in [1.165, 1.54) is 36.6 Å². The predicted octanol–water partition coefficient (Wildman–Crippen LogP) is 6.17. The third kappa shape index (κ3) is 3.88. The number of thioether (sulfide) groups is 1. The smallest absolute Gasteiger partial charge is 0.339 e. The summed E-state index contributed by atoms with van der Waals surface area (Å²) in [4.78, 5) is 13.5. The number of rotatable bonds is 3.